The topological polar surface area (TPSA) is 35.2 Å². The molecule has 1 aromatic carbocycles. The van der Waals surface area contributed by atoms with Gasteiger partial charge in [-0.05, 0) is 23.6 Å². The zero-order valence-electron chi connectivity index (χ0n) is 10.5. The minimum Gasteiger partial charge on any atom is -0.403 e. The number of nitrogens with two attached hydrogens (primary N) is 1. The van der Waals surface area contributed by atoms with Crippen LogP contribution in [0.5, 0.6) is 5.75 Å². The first-order chi connectivity index (χ1) is 8.24. The smallest absolute Gasteiger partial charge is 0.403 e. The number of ether oxygens (including phenoxy) is 1. The second kappa shape index (κ2) is 6.96. The Morgan fingerprint density at radius 3 is 2.32 bits per heavy atom. The fraction of sp³-hybridized carbons (Fsp3) is 0.500. The highest BCUT2D eigenvalue weighted by atomic mass is 35.5. The van der Waals surface area contributed by atoms with Crippen molar-refractivity contribution in [2.24, 2.45) is 11.7 Å². The van der Waals surface area contributed by atoms with Gasteiger partial charge in [0.05, 0.1) is 0 Å². The molecule has 0 aliphatic carbocycles. The summed E-state index contributed by atoms with van der Waals surface area (Å²) in [6.07, 6.45) is -4.11. The van der Waals surface area contributed by atoms with Crippen molar-refractivity contribution in [3.8, 4) is 5.75 Å². The van der Waals surface area contributed by atoms with Crippen molar-refractivity contribution < 1.29 is 22.3 Å². The third-order valence-corrected chi connectivity index (χ3v) is 2.82. The molecule has 0 heterocycles. The van der Waals surface area contributed by atoms with Gasteiger partial charge in [0.25, 0.3) is 0 Å². The fourth-order valence-corrected chi connectivity index (χ4v) is 1.51. The molecular weight excluding hydrogens is 286 g/mol. The fourth-order valence-electron chi connectivity index (χ4n) is 1.51. The Kier molecular flexibility index (Phi) is 6.59. The molecule has 0 aromatic heterocycles. The van der Waals surface area contributed by atoms with E-state index in [-0.39, 0.29) is 18.3 Å². The molecule has 2 N–H and O–H groups in total. The van der Waals surface area contributed by atoms with Crippen molar-refractivity contribution in [2.75, 3.05) is 0 Å². The van der Waals surface area contributed by atoms with Gasteiger partial charge in [0.15, 0.2) is 11.6 Å². The maximum atomic E-state index is 13.4. The SMILES string of the molecule is CCC(C)[C@@H](N)c1ccc(OC(F)(F)F)c(F)c1.Cl. The maximum Gasteiger partial charge on any atom is 0.573 e. The summed E-state index contributed by atoms with van der Waals surface area (Å²) in [5.74, 6) is -1.80. The second-order valence-electron chi connectivity index (χ2n) is 4.15. The quantitative estimate of drug-likeness (QED) is 0.846. The van der Waals surface area contributed by atoms with Crippen molar-refractivity contribution in [2.45, 2.75) is 32.7 Å². The molecule has 0 bridgehead atoms. The van der Waals surface area contributed by atoms with E-state index in [4.69, 9.17) is 5.73 Å². The van der Waals surface area contributed by atoms with E-state index in [0.717, 1.165) is 18.6 Å². The normalized spacial score (nSPS) is 14.5. The maximum absolute atomic E-state index is 13.4. The number of halogens is 5. The summed E-state index contributed by atoms with van der Waals surface area (Å²) in [7, 11) is 0. The average Bonchev–Trinajstić information content (AvgIpc) is 2.28. The lowest BCUT2D eigenvalue weighted by atomic mass is 9.93. The molecule has 7 heteroatoms. The molecule has 0 saturated heterocycles. The largest absolute Gasteiger partial charge is 0.573 e. The van der Waals surface area contributed by atoms with Crippen molar-refractivity contribution in [1.82, 2.24) is 0 Å². The van der Waals surface area contributed by atoms with Gasteiger partial charge < -0.3 is 10.5 Å². The predicted molar refractivity (Wildman–Crippen MR) is 66.7 cm³/mol. The summed E-state index contributed by atoms with van der Waals surface area (Å²) in [6, 6.07) is 2.86. The van der Waals surface area contributed by atoms with Crippen LogP contribution in [0.2, 0.25) is 0 Å². The number of alkyl halides is 3. The van der Waals surface area contributed by atoms with E-state index in [2.05, 4.69) is 4.74 Å². The summed E-state index contributed by atoms with van der Waals surface area (Å²) in [4.78, 5) is 0. The van der Waals surface area contributed by atoms with E-state index >= 15 is 0 Å². The van der Waals surface area contributed by atoms with Gasteiger partial charge in [0, 0.05) is 6.04 Å². The molecule has 0 spiro atoms. The summed E-state index contributed by atoms with van der Waals surface area (Å²) >= 11 is 0. The van der Waals surface area contributed by atoms with E-state index in [1.54, 1.807) is 0 Å². The van der Waals surface area contributed by atoms with Crippen molar-refractivity contribution in [1.29, 1.82) is 0 Å². The van der Waals surface area contributed by atoms with Gasteiger partial charge in [-0.3, -0.25) is 0 Å². The lowest BCUT2D eigenvalue weighted by Crippen LogP contribution is -2.20. The van der Waals surface area contributed by atoms with E-state index in [9.17, 15) is 17.6 Å². The number of hydrogen-bond acceptors (Lipinski definition) is 2. The first-order valence-electron chi connectivity index (χ1n) is 5.55. The van der Waals surface area contributed by atoms with Crippen molar-refractivity contribution in [3.63, 3.8) is 0 Å². The first kappa shape index (κ1) is 18.0. The third-order valence-electron chi connectivity index (χ3n) is 2.82. The zero-order valence-corrected chi connectivity index (χ0v) is 11.3. The minimum absolute atomic E-state index is 0. The Hall–Kier alpha value is -1.01. The van der Waals surface area contributed by atoms with Crippen LogP contribution in [0.25, 0.3) is 0 Å². The predicted octanol–water partition coefficient (Wildman–Crippen LogP) is 4.19. The minimum atomic E-state index is -4.90. The number of benzene rings is 1. The highest BCUT2D eigenvalue weighted by molar-refractivity contribution is 5.85. The van der Waals surface area contributed by atoms with Crippen LogP contribution < -0.4 is 10.5 Å². The molecule has 1 aromatic rings. The van der Waals surface area contributed by atoms with Crippen molar-refractivity contribution >= 4 is 12.4 Å². The van der Waals surface area contributed by atoms with Gasteiger partial charge in [-0.25, -0.2) is 4.39 Å². The molecule has 0 aliphatic rings. The molecule has 2 nitrogen and oxygen atoms in total. The molecule has 1 unspecified atom stereocenters. The van der Waals surface area contributed by atoms with Gasteiger partial charge in [-0.2, -0.15) is 0 Å². The molecule has 0 fully saturated rings. The van der Waals surface area contributed by atoms with Crippen LogP contribution in [0, 0.1) is 11.7 Å². The molecule has 19 heavy (non-hydrogen) atoms. The molecule has 0 aliphatic heterocycles. The van der Waals surface area contributed by atoms with Gasteiger partial charge in [-0.15, -0.1) is 25.6 Å². The van der Waals surface area contributed by atoms with Crippen LogP contribution in [-0.4, -0.2) is 6.36 Å². The Morgan fingerprint density at radius 2 is 1.89 bits per heavy atom. The van der Waals surface area contributed by atoms with Crippen LogP contribution in [0.3, 0.4) is 0 Å². The Balaban J connectivity index is 0.00000324. The number of hydrogen-bond donors (Lipinski definition) is 1. The summed E-state index contributed by atoms with van der Waals surface area (Å²) in [5.41, 5.74) is 6.32. The van der Waals surface area contributed by atoms with E-state index in [0.29, 0.717) is 5.56 Å². The van der Waals surface area contributed by atoms with E-state index in [1.807, 2.05) is 13.8 Å². The molecular formula is C12H16ClF4NO. The first-order valence-corrected chi connectivity index (χ1v) is 5.55. The Bertz CT molecular complexity index is 411. The molecule has 2 atom stereocenters. The van der Waals surface area contributed by atoms with Crippen molar-refractivity contribution in [3.05, 3.63) is 29.6 Å². The summed E-state index contributed by atoms with van der Waals surface area (Å²) < 4.78 is 52.8. The monoisotopic (exact) mass is 301 g/mol. The van der Waals surface area contributed by atoms with Crippen LogP contribution in [0.15, 0.2) is 18.2 Å². The van der Waals surface area contributed by atoms with Crippen LogP contribution in [-0.2, 0) is 0 Å². The van der Waals surface area contributed by atoms with Gasteiger partial charge >= 0.3 is 6.36 Å². The lowest BCUT2D eigenvalue weighted by Gasteiger charge is -2.19. The standard InChI is InChI=1S/C12H15F4NO.ClH/c1-3-7(2)11(17)8-4-5-10(9(13)6-8)18-12(14,15)16;/h4-7,11H,3,17H2,1-2H3;1H/t7?,11-;/m1./s1. The zero-order chi connectivity index (χ0) is 13.9. The summed E-state index contributed by atoms with van der Waals surface area (Å²) in [6.45, 7) is 3.82. The van der Waals surface area contributed by atoms with Crippen LogP contribution >= 0.6 is 12.4 Å². The van der Waals surface area contributed by atoms with Crippen LogP contribution in [0.1, 0.15) is 31.9 Å². The van der Waals surface area contributed by atoms with E-state index < -0.39 is 24.0 Å². The number of rotatable bonds is 4. The summed E-state index contributed by atoms with van der Waals surface area (Å²) in [5, 5.41) is 0. The molecule has 0 amide bonds. The lowest BCUT2D eigenvalue weighted by molar-refractivity contribution is -0.275. The van der Waals surface area contributed by atoms with Gasteiger partial charge in [0.1, 0.15) is 0 Å². The molecule has 110 valence electrons. The van der Waals surface area contributed by atoms with Crippen LogP contribution in [0.4, 0.5) is 17.6 Å². The van der Waals surface area contributed by atoms with Gasteiger partial charge in [-0.1, -0.05) is 26.3 Å². The average molecular weight is 302 g/mol. The Labute approximate surface area is 115 Å². The molecule has 0 radical (unpaired) electrons. The second-order valence-corrected chi connectivity index (χ2v) is 4.15. The highest BCUT2D eigenvalue weighted by Crippen LogP contribution is 2.29. The van der Waals surface area contributed by atoms with E-state index in [1.165, 1.54) is 6.07 Å². The Morgan fingerprint density at radius 1 is 1.32 bits per heavy atom. The highest BCUT2D eigenvalue weighted by Gasteiger charge is 2.32. The van der Waals surface area contributed by atoms with Gasteiger partial charge in [0.2, 0.25) is 0 Å². The third kappa shape index (κ3) is 5.24. The molecule has 0 saturated carbocycles. The molecule has 1 rings (SSSR count).